The molecule has 0 aliphatic rings. The van der Waals surface area contributed by atoms with Gasteiger partial charge in [0.2, 0.25) is 5.91 Å². The first-order chi connectivity index (χ1) is 13.2. The lowest BCUT2D eigenvalue weighted by molar-refractivity contribution is -0.115. The maximum Gasteiger partial charge on any atom is 0.251 e. The molecule has 0 unspecified atom stereocenters. The van der Waals surface area contributed by atoms with Crippen LogP contribution >= 0.6 is 0 Å². The lowest BCUT2D eigenvalue weighted by Gasteiger charge is -2.13. The number of hydrogen-bond donors (Lipinski definition) is 1. The number of nitrogens with zero attached hydrogens (tertiary/aromatic N) is 4. The lowest BCUT2D eigenvalue weighted by Crippen LogP contribution is -2.17. The second-order valence-corrected chi connectivity index (χ2v) is 7.51. The number of amides is 1. The van der Waals surface area contributed by atoms with E-state index in [0.717, 1.165) is 45.2 Å². The highest BCUT2D eigenvalue weighted by atomic mass is 16.1. The average molecular weight is 377 g/mol. The molecule has 0 bridgehead atoms. The van der Waals surface area contributed by atoms with Crippen molar-refractivity contribution in [1.82, 2.24) is 19.7 Å². The summed E-state index contributed by atoms with van der Waals surface area (Å²) in [4.78, 5) is 21.7. The summed E-state index contributed by atoms with van der Waals surface area (Å²) in [6, 6.07) is 6.08. The van der Waals surface area contributed by atoms with Crippen molar-refractivity contribution in [1.29, 1.82) is 0 Å². The van der Waals surface area contributed by atoms with Gasteiger partial charge in [-0.05, 0) is 65.7 Å². The minimum absolute atomic E-state index is 0.0536. The molecule has 0 saturated heterocycles. The predicted molar refractivity (Wildman–Crippen MR) is 111 cm³/mol. The van der Waals surface area contributed by atoms with Gasteiger partial charge < -0.3 is 5.32 Å². The van der Waals surface area contributed by atoms with Gasteiger partial charge in [0.05, 0.1) is 12.1 Å². The fourth-order valence-corrected chi connectivity index (χ4v) is 3.65. The molecule has 1 amide bonds. The van der Waals surface area contributed by atoms with Gasteiger partial charge in [-0.15, -0.1) is 0 Å². The van der Waals surface area contributed by atoms with Crippen LogP contribution in [0.5, 0.6) is 0 Å². The SMILES string of the molecule is Cc1cc(C)c(NC(=O)Cc2c(C)nn(-c3nc(C)cc(C)n3)c2C)c(C)c1. The maximum absolute atomic E-state index is 12.8. The van der Waals surface area contributed by atoms with Crippen molar-refractivity contribution in [2.24, 2.45) is 0 Å². The number of anilines is 1. The Bertz CT molecular complexity index is 1020. The predicted octanol–water partition coefficient (Wildman–Crippen LogP) is 4.00. The highest BCUT2D eigenvalue weighted by Gasteiger charge is 2.18. The fourth-order valence-electron chi connectivity index (χ4n) is 3.65. The van der Waals surface area contributed by atoms with Crippen LogP contribution < -0.4 is 5.32 Å². The van der Waals surface area contributed by atoms with Crippen LogP contribution in [0.3, 0.4) is 0 Å². The van der Waals surface area contributed by atoms with Crippen molar-refractivity contribution in [2.75, 3.05) is 5.32 Å². The van der Waals surface area contributed by atoms with Crippen LogP contribution in [-0.4, -0.2) is 25.7 Å². The molecular weight excluding hydrogens is 350 g/mol. The van der Waals surface area contributed by atoms with Crippen molar-refractivity contribution < 1.29 is 4.79 Å². The van der Waals surface area contributed by atoms with Crippen LogP contribution in [0, 0.1) is 48.5 Å². The van der Waals surface area contributed by atoms with E-state index in [4.69, 9.17) is 0 Å². The third-order valence-corrected chi connectivity index (χ3v) is 4.88. The molecule has 3 rings (SSSR count). The van der Waals surface area contributed by atoms with Crippen LogP contribution in [0.2, 0.25) is 0 Å². The minimum atomic E-state index is -0.0536. The van der Waals surface area contributed by atoms with E-state index in [9.17, 15) is 4.79 Å². The molecule has 146 valence electrons. The van der Waals surface area contributed by atoms with Crippen LogP contribution in [0.4, 0.5) is 5.69 Å². The Hall–Kier alpha value is -3.02. The summed E-state index contributed by atoms with van der Waals surface area (Å²) in [5.41, 5.74) is 8.59. The summed E-state index contributed by atoms with van der Waals surface area (Å²) in [5, 5.41) is 7.65. The monoisotopic (exact) mass is 377 g/mol. The Labute approximate surface area is 166 Å². The van der Waals surface area contributed by atoms with Gasteiger partial charge in [-0.3, -0.25) is 4.79 Å². The third kappa shape index (κ3) is 3.96. The van der Waals surface area contributed by atoms with E-state index >= 15 is 0 Å². The summed E-state index contributed by atoms with van der Waals surface area (Å²) in [7, 11) is 0. The van der Waals surface area contributed by atoms with Crippen molar-refractivity contribution in [3.8, 4) is 5.95 Å². The van der Waals surface area contributed by atoms with Gasteiger partial charge in [-0.2, -0.15) is 5.10 Å². The zero-order valence-electron chi connectivity index (χ0n) is 17.6. The van der Waals surface area contributed by atoms with Crippen molar-refractivity contribution in [2.45, 2.75) is 54.9 Å². The van der Waals surface area contributed by atoms with Crippen LogP contribution in [0.1, 0.15) is 45.0 Å². The average Bonchev–Trinajstić information content (AvgIpc) is 2.85. The largest absolute Gasteiger partial charge is 0.325 e. The molecule has 0 saturated carbocycles. The molecule has 0 aliphatic heterocycles. The molecule has 2 heterocycles. The summed E-state index contributed by atoms with van der Waals surface area (Å²) in [6.07, 6.45) is 0.259. The smallest absolute Gasteiger partial charge is 0.251 e. The van der Waals surface area contributed by atoms with Gasteiger partial charge in [-0.1, -0.05) is 17.7 Å². The fraction of sp³-hybridized carbons (Fsp3) is 0.364. The highest BCUT2D eigenvalue weighted by Crippen LogP contribution is 2.23. The Morgan fingerprint density at radius 1 is 0.929 bits per heavy atom. The molecule has 0 fully saturated rings. The molecule has 0 spiro atoms. The van der Waals surface area contributed by atoms with E-state index in [-0.39, 0.29) is 12.3 Å². The molecule has 6 nitrogen and oxygen atoms in total. The quantitative estimate of drug-likeness (QED) is 0.746. The third-order valence-electron chi connectivity index (χ3n) is 4.88. The summed E-state index contributed by atoms with van der Waals surface area (Å²) in [5.74, 6) is 0.483. The van der Waals surface area contributed by atoms with E-state index in [1.165, 1.54) is 5.56 Å². The second kappa shape index (κ2) is 7.54. The summed E-state index contributed by atoms with van der Waals surface area (Å²) >= 11 is 0. The number of hydrogen-bond acceptors (Lipinski definition) is 4. The van der Waals surface area contributed by atoms with Gasteiger partial charge in [0.15, 0.2) is 0 Å². The molecule has 0 radical (unpaired) electrons. The molecule has 0 aliphatic carbocycles. The minimum Gasteiger partial charge on any atom is -0.325 e. The number of rotatable bonds is 4. The summed E-state index contributed by atoms with van der Waals surface area (Å²) in [6.45, 7) is 13.8. The zero-order chi connectivity index (χ0) is 20.6. The molecule has 6 heteroatoms. The van der Waals surface area contributed by atoms with Gasteiger partial charge >= 0.3 is 0 Å². The van der Waals surface area contributed by atoms with Gasteiger partial charge in [0.25, 0.3) is 5.95 Å². The molecule has 1 aromatic carbocycles. The van der Waals surface area contributed by atoms with E-state index in [0.29, 0.717) is 5.95 Å². The lowest BCUT2D eigenvalue weighted by atomic mass is 10.0. The van der Waals surface area contributed by atoms with E-state index in [1.807, 2.05) is 47.6 Å². The first-order valence-corrected chi connectivity index (χ1v) is 9.41. The standard InChI is InChI=1S/C22H27N5O/c1-12-8-13(2)21(14(3)9-12)25-20(28)11-19-17(6)26-27(18(19)7)22-23-15(4)10-16(5)24-22/h8-10H,11H2,1-7H3,(H,25,28). The molecular formula is C22H27N5O. The Morgan fingerprint density at radius 3 is 2.07 bits per heavy atom. The number of carbonyl (C=O) groups is 1. The Morgan fingerprint density at radius 2 is 1.50 bits per heavy atom. The number of nitrogens with one attached hydrogen (secondary N) is 1. The van der Waals surface area contributed by atoms with Crippen LogP contribution in [0.15, 0.2) is 18.2 Å². The van der Waals surface area contributed by atoms with Crippen LogP contribution in [-0.2, 0) is 11.2 Å². The van der Waals surface area contributed by atoms with Gasteiger partial charge in [0, 0.05) is 28.3 Å². The number of aromatic nitrogens is 4. The zero-order valence-corrected chi connectivity index (χ0v) is 17.6. The normalized spacial score (nSPS) is 11.0. The maximum atomic E-state index is 12.8. The highest BCUT2D eigenvalue weighted by molar-refractivity contribution is 5.94. The number of carbonyl (C=O) groups excluding carboxylic acids is 1. The van der Waals surface area contributed by atoms with Gasteiger partial charge in [-0.25, -0.2) is 14.6 Å². The number of benzene rings is 1. The van der Waals surface area contributed by atoms with Crippen molar-refractivity contribution in [3.05, 3.63) is 63.2 Å². The second-order valence-electron chi connectivity index (χ2n) is 7.51. The first kappa shape index (κ1) is 19.7. The van der Waals surface area contributed by atoms with E-state index < -0.39 is 0 Å². The van der Waals surface area contributed by atoms with Gasteiger partial charge in [0.1, 0.15) is 0 Å². The molecule has 2 aromatic heterocycles. The van der Waals surface area contributed by atoms with Crippen molar-refractivity contribution in [3.63, 3.8) is 0 Å². The molecule has 0 atom stereocenters. The molecule has 28 heavy (non-hydrogen) atoms. The first-order valence-electron chi connectivity index (χ1n) is 9.41. The van der Waals surface area contributed by atoms with E-state index in [1.54, 1.807) is 4.68 Å². The number of aryl methyl sites for hydroxylation is 6. The Kier molecular flexibility index (Phi) is 5.31. The molecule has 1 N–H and O–H groups in total. The van der Waals surface area contributed by atoms with Crippen molar-refractivity contribution >= 4 is 11.6 Å². The van der Waals surface area contributed by atoms with Crippen LogP contribution in [0.25, 0.3) is 5.95 Å². The topological polar surface area (TPSA) is 72.7 Å². The Balaban J connectivity index is 1.87. The van der Waals surface area contributed by atoms with E-state index in [2.05, 4.69) is 39.4 Å². The summed E-state index contributed by atoms with van der Waals surface area (Å²) < 4.78 is 1.72. The molecule has 3 aromatic rings.